The number of nitrogens with one attached hydrogen (secondary N) is 1. The number of hydrogen-bond donors (Lipinski definition) is 2. The molecule has 2 saturated heterocycles. The zero-order valence-corrected chi connectivity index (χ0v) is 9.52. The molecule has 0 spiro atoms. The molecule has 2 atom stereocenters. The van der Waals surface area contributed by atoms with Gasteiger partial charge >= 0.3 is 0 Å². The molecule has 0 unspecified atom stereocenters. The van der Waals surface area contributed by atoms with E-state index in [4.69, 9.17) is 0 Å². The van der Waals surface area contributed by atoms with E-state index < -0.39 is 5.60 Å². The van der Waals surface area contributed by atoms with E-state index >= 15 is 0 Å². The fraction of sp³-hybridized carbons (Fsp3) is 0.571. The molecule has 2 heteroatoms. The van der Waals surface area contributed by atoms with E-state index in [0.717, 1.165) is 18.4 Å². The van der Waals surface area contributed by atoms with Crippen LogP contribution in [0.3, 0.4) is 0 Å². The first-order valence-electron chi connectivity index (χ1n) is 6.30. The molecule has 0 saturated carbocycles. The normalized spacial score (nSPS) is 38.3. The Bertz CT molecular complexity index is 350. The van der Waals surface area contributed by atoms with Crippen LogP contribution in [0.15, 0.2) is 30.3 Å². The largest absolute Gasteiger partial charge is 0.385 e. The molecular formula is C14H19NO. The molecule has 2 nitrogen and oxygen atoms in total. The van der Waals surface area contributed by atoms with Gasteiger partial charge in [-0.2, -0.15) is 0 Å². The summed E-state index contributed by atoms with van der Waals surface area (Å²) in [5, 5.41) is 14.4. The minimum absolute atomic E-state index is 0.512. The lowest BCUT2D eigenvalue weighted by molar-refractivity contribution is -0.0358. The smallest absolute Gasteiger partial charge is 0.0926 e. The molecule has 2 aliphatic heterocycles. The van der Waals surface area contributed by atoms with Gasteiger partial charge in [-0.1, -0.05) is 36.8 Å². The first-order valence-corrected chi connectivity index (χ1v) is 6.30. The lowest BCUT2D eigenvalue weighted by atomic mass is 9.74. The van der Waals surface area contributed by atoms with Crippen LogP contribution >= 0.6 is 0 Å². The van der Waals surface area contributed by atoms with Gasteiger partial charge in [0.2, 0.25) is 0 Å². The van der Waals surface area contributed by atoms with E-state index in [9.17, 15) is 5.11 Å². The third-order valence-corrected chi connectivity index (χ3v) is 4.06. The van der Waals surface area contributed by atoms with Crippen LogP contribution in [0.2, 0.25) is 0 Å². The minimum atomic E-state index is -0.595. The molecule has 86 valence electrons. The Morgan fingerprint density at radius 3 is 2.31 bits per heavy atom. The van der Waals surface area contributed by atoms with E-state index in [1.165, 1.54) is 19.3 Å². The Balaban J connectivity index is 1.88. The van der Waals surface area contributed by atoms with Crippen molar-refractivity contribution in [2.24, 2.45) is 0 Å². The Morgan fingerprint density at radius 1 is 1.06 bits per heavy atom. The van der Waals surface area contributed by atoms with E-state index in [1.807, 2.05) is 18.2 Å². The van der Waals surface area contributed by atoms with E-state index in [2.05, 4.69) is 17.4 Å². The highest BCUT2D eigenvalue weighted by atomic mass is 16.3. The Labute approximate surface area is 96.7 Å². The third kappa shape index (κ3) is 1.76. The molecule has 2 bridgehead atoms. The van der Waals surface area contributed by atoms with Gasteiger partial charge in [0.25, 0.3) is 0 Å². The second-order valence-electron chi connectivity index (χ2n) is 5.30. The summed E-state index contributed by atoms with van der Waals surface area (Å²) in [6.07, 6.45) is 5.48. The second-order valence-corrected chi connectivity index (χ2v) is 5.30. The van der Waals surface area contributed by atoms with Crippen LogP contribution in [0.1, 0.15) is 37.7 Å². The summed E-state index contributed by atoms with van der Waals surface area (Å²) in [6, 6.07) is 11.2. The molecule has 2 heterocycles. The summed E-state index contributed by atoms with van der Waals surface area (Å²) in [6.45, 7) is 0. The molecule has 16 heavy (non-hydrogen) atoms. The molecule has 1 aromatic rings. The van der Waals surface area contributed by atoms with E-state index in [0.29, 0.717) is 12.1 Å². The number of benzene rings is 1. The van der Waals surface area contributed by atoms with Crippen molar-refractivity contribution in [2.45, 2.75) is 49.8 Å². The van der Waals surface area contributed by atoms with Crippen LogP contribution in [-0.2, 0) is 5.60 Å². The van der Waals surface area contributed by atoms with Crippen molar-refractivity contribution in [3.63, 3.8) is 0 Å². The van der Waals surface area contributed by atoms with Gasteiger partial charge < -0.3 is 10.4 Å². The number of aliphatic hydroxyl groups is 1. The second kappa shape index (κ2) is 3.86. The van der Waals surface area contributed by atoms with Gasteiger partial charge in [-0.25, -0.2) is 0 Å². The molecule has 0 aromatic heterocycles. The van der Waals surface area contributed by atoms with Crippen molar-refractivity contribution in [1.82, 2.24) is 5.32 Å². The van der Waals surface area contributed by atoms with E-state index in [1.54, 1.807) is 0 Å². The SMILES string of the molecule is OC1(c2ccccc2)C[C@@H]2CCC[C@@H](C1)N2. The zero-order chi connectivity index (χ0) is 11.0. The molecule has 2 fully saturated rings. The quantitative estimate of drug-likeness (QED) is 0.755. The first-order chi connectivity index (χ1) is 7.76. The zero-order valence-electron chi connectivity index (χ0n) is 9.52. The highest BCUT2D eigenvalue weighted by molar-refractivity contribution is 5.24. The highest BCUT2D eigenvalue weighted by Gasteiger charge is 2.41. The van der Waals surface area contributed by atoms with Crippen molar-refractivity contribution < 1.29 is 5.11 Å². The summed E-state index contributed by atoms with van der Waals surface area (Å²) >= 11 is 0. The van der Waals surface area contributed by atoms with Crippen LogP contribution < -0.4 is 5.32 Å². The summed E-state index contributed by atoms with van der Waals surface area (Å²) in [7, 11) is 0. The van der Waals surface area contributed by atoms with E-state index in [-0.39, 0.29) is 0 Å². The van der Waals surface area contributed by atoms with Gasteiger partial charge in [0.05, 0.1) is 5.60 Å². The van der Waals surface area contributed by atoms with Gasteiger partial charge in [-0.3, -0.25) is 0 Å². The molecule has 0 amide bonds. The minimum Gasteiger partial charge on any atom is -0.385 e. The van der Waals surface area contributed by atoms with Gasteiger partial charge in [-0.05, 0) is 31.2 Å². The van der Waals surface area contributed by atoms with Crippen molar-refractivity contribution in [2.75, 3.05) is 0 Å². The number of fused-ring (bicyclic) bond motifs is 2. The lowest BCUT2D eigenvalue weighted by Crippen LogP contribution is -2.54. The van der Waals surface area contributed by atoms with Crippen LogP contribution in [-0.4, -0.2) is 17.2 Å². The average Bonchev–Trinajstić information content (AvgIpc) is 2.29. The molecule has 0 radical (unpaired) electrons. The van der Waals surface area contributed by atoms with Crippen LogP contribution in [0.5, 0.6) is 0 Å². The maximum atomic E-state index is 10.8. The molecule has 2 aliphatic rings. The van der Waals surface area contributed by atoms with Crippen molar-refractivity contribution in [1.29, 1.82) is 0 Å². The molecule has 1 aromatic carbocycles. The molecule has 0 aliphatic carbocycles. The van der Waals surface area contributed by atoms with Crippen LogP contribution in [0, 0.1) is 0 Å². The summed E-state index contributed by atoms with van der Waals surface area (Å²) < 4.78 is 0. The van der Waals surface area contributed by atoms with Gasteiger partial charge in [0.1, 0.15) is 0 Å². The van der Waals surface area contributed by atoms with Crippen LogP contribution in [0.25, 0.3) is 0 Å². The standard InChI is InChI=1S/C14H19NO/c16-14(11-5-2-1-3-6-11)9-12-7-4-8-13(10-14)15-12/h1-3,5-6,12-13,15-16H,4,7-10H2/t12-,13-/m0/s1. The topological polar surface area (TPSA) is 32.3 Å². The first kappa shape index (κ1) is 10.3. The predicted molar refractivity (Wildman–Crippen MR) is 64.1 cm³/mol. The Kier molecular flexibility index (Phi) is 2.49. The molecule has 2 N–H and O–H groups in total. The fourth-order valence-corrected chi connectivity index (χ4v) is 3.32. The predicted octanol–water partition coefficient (Wildman–Crippen LogP) is 2.18. The van der Waals surface area contributed by atoms with Gasteiger partial charge in [0, 0.05) is 12.1 Å². The summed E-state index contributed by atoms with van der Waals surface area (Å²) in [4.78, 5) is 0. The Hall–Kier alpha value is -0.860. The maximum Gasteiger partial charge on any atom is 0.0926 e. The van der Waals surface area contributed by atoms with Gasteiger partial charge in [-0.15, -0.1) is 0 Å². The number of rotatable bonds is 1. The van der Waals surface area contributed by atoms with Crippen molar-refractivity contribution in [3.8, 4) is 0 Å². The van der Waals surface area contributed by atoms with Crippen LogP contribution in [0.4, 0.5) is 0 Å². The fourth-order valence-electron chi connectivity index (χ4n) is 3.32. The van der Waals surface area contributed by atoms with Crippen molar-refractivity contribution in [3.05, 3.63) is 35.9 Å². The molecule has 3 rings (SSSR count). The Morgan fingerprint density at radius 2 is 1.69 bits per heavy atom. The highest BCUT2D eigenvalue weighted by Crippen LogP contribution is 2.39. The summed E-state index contributed by atoms with van der Waals surface area (Å²) in [5.74, 6) is 0. The maximum absolute atomic E-state index is 10.8. The monoisotopic (exact) mass is 217 g/mol. The lowest BCUT2D eigenvalue weighted by Gasteiger charge is -2.45. The number of hydrogen-bond acceptors (Lipinski definition) is 2. The van der Waals surface area contributed by atoms with Crippen molar-refractivity contribution >= 4 is 0 Å². The third-order valence-electron chi connectivity index (χ3n) is 4.06. The molecular weight excluding hydrogens is 198 g/mol. The summed E-state index contributed by atoms with van der Waals surface area (Å²) in [5.41, 5.74) is 0.496. The average molecular weight is 217 g/mol. The van der Waals surface area contributed by atoms with Gasteiger partial charge in [0.15, 0.2) is 0 Å². The number of piperidine rings is 2.